The molecule has 11 nitrogen and oxygen atoms in total. The van der Waals surface area contributed by atoms with Crippen LogP contribution < -0.4 is 10.6 Å². The molecule has 2 aromatic heterocycles. The van der Waals surface area contributed by atoms with Crippen molar-refractivity contribution in [1.82, 2.24) is 29.4 Å². The average molecular weight is 562 g/mol. The van der Waals surface area contributed by atoms with E-state index in [1.807, 2.05) is 4.90 Å². The van der Waals surface area contributed by atoms with Gasteiger partial charge in [0.25, 0.3) is 0 Å². The fourth-order valence-electron chi connectivity index (χ4n) is 4.60. The Bertz CT molecular complexity index is 1350. The van der Waals surface area contributed by atoms with E-state index in [-0.39, 0.29) is 39.7 Å². The maximum Gasteiger partial charge on any atom is 0.387 e. The second kappa shape index (κ2) is 11.0. The fourth-order valence-corrected chi connectivity index (χ4v) is 4.82. The number of hydrogen-bond donors (Lipinski definition) is 2. The van der Waals surface area contributed by atoms with Crippen molar-refractivity contribution >= 4 is 29.0 Å². The molecule has 14 heteroatoms. The zero-order valence-corrected chi connectivity index (χ0v) is 22.5. The number of aromatic nitrogens is 4. The minimum absolute atomic E-state index is 0.00719. The molecule has 2 N–H and O–H groups in total. The number of fused-ring (bicyclic) bond motifs is 1. The van der Waals surface area contributed by atoms with Gasteiger partial charge in [0.05, 0.1) is 41.4 Å². The van der Waals surface area contributed by atoms with Crippen LogP contribution in [0.3, 0.4) is 0 Å². The van der Waals surface area contributed by atoms with Crippen LogP contribution in [0.15, 0.2) is 41.0 Å². The lowest BCUT2D eigenvalue weighted by molar-refractivity contribution is -0.138. The number of hydrogen-bond acceptors (Lipinski definition) is 10. The summed E-state index contributed by atoms with van der Waals surface area (Å²) in [4.78, 5) is 13.2. The Morgan fingerprint density at radius 3 is 2.64 bits per heavy atom. The lowest BCUT2D eigenvalue weighted by Gasteiger charge is -2.50. The van der Waals surface area contributed by atoms with E-state index in [0.717, 1.165) is 25.9 Å². The van der Waals surface area contributed by atoms with Crippen LogP contribution in [0.5, 0.6) is 0 Å². The van der Waals surface area contributed by atoms with Gasteiger partial charge in [0.2, 0.25) is 5.95 Å². The van der Waals surface area contributed by atoms with Crippen molar-refractivity contribution in [3.05, 3.63) is 46.7 Å². The molecule has 0 bridgehead atoms. The van der Waals surface area contributed by atoms with Crippen molar-refractivity contribution in [3.63, 3.8) is 0 Å². The number of nitrogens with one attached hydrogen (secondary N) is 2. The second-order valence-electron chi connectivity index (χ2n) is 10.1. The van der Waals surface area contributed by atoms with E-state index >= 15 is 0 Å². The summed E-state index contributed by atoms with van der Waals surface area (Å²) in [6.45, 7) is 8.83. The molecular formula is C25H30ClF2N9O2. The number of imidazole rings is 1. The molecule has 1 saturated carbocycles. The molecule has 0 atom stereocenters. The number of nitrogens with zero attached hydrogens (tertiary/aromatic N) is 7. The van der Waals surface area contributed by atoms with Crippen molar-refractivity contribution in [2.75, 3.05) is 50.0 Å². The number of piperazine rings is 1. The lowest BCUT2D eigenvalue weighted by Crippen LogP contribution is -2.64. The highest BCUT2D eigenvalue weighted by Gasteiger charge is 2.40. The highest BCUT2D eigenvalue weighted by Crippen LogP contribution is 2.31. The first-order chi connectivity index (χ1) is 18.7. The quantitative estimate of drug-likeness (QED) is 0.330. The molecule has 3 aliphatic rings. The first kappa shape index (κ1) is 27.1. The molecule has 0 radical (unpaired) electrons. The molecule has 39 heavy (non-hydrogen) atoms. The highest BCUT2D eigenvalue weighted by molar-refractivity contribution is 6.32. The van der Waals surface area contributed by atoms with Gasteiger partial charge in [0, 0.05) is 38.3 Å². The van der Waals surface area contributed by atoms with Crippen molar-refractivity contribution < 1.29 is 18.3 Å². The van der Waals surface area contributed by atoms with E-state index in [2.05, 4.69) is 54.9 Å². The van der Waals surface area contributed by atoms with Crippen LogP contribution in [0.4, 0.5) is 20.5 Å². The summed E-state index contributed by atoms with van der Waals surface area (Å²) in [5.74, 6) is 0.642. The van der Waals surface area contributed by atoms with Crippen molar-refractivity contribution in [2.45, 2.75) is 44.9 Å². The first-order valence-electron chi connectivity index (χ1n) is 12.7. The number of halogens is 3. The molecule has 5 rings (SSSR count). The van der Waals surface area contributed by atoms with Gasteiger partial charge in [-0.1, -0.05) is 18.2 Å². The predicted octanol–water partition coefficient (Wildman–Crippen LogP) is 3.50. The Balaban J connectivity index is 1.41. The Labute approximate surface area is 229 Å². The second-order valence-corrected chi connectivity index (χ2v) is 10.5. The van der Waals surface area contributed by atoms with Crippen molar-refractivity contribution in [3.8, 4) is 6.07 Å². The number of ether oxygens (including phenoxy) is 2. The van der Waals surface area contributed by atoms with Gasteiger partial charge in [0.15, 0.2) is 17.2 Å². The molecule has 0 aromatic carbocycles. The van der Waals surface area contributed by atoms with Crippen LogP contribution in [0.25, 0.3) is 5.65 Å². The predicted molar refractivity (Wildman–Crippen MR) is 141 cm³/mol. The van der Waals surface area contributed by atoms with Crippen LogP contribution in [-0.2, 0) is 9.47 Å². The van der Waals surface area contributed by atoms with E-state index in [4.69, 9.17) is 16.3 Å². The van der Waals surface area contributed by atoms with Gasteiger partial charge < -0.3 is 25.0 Å². The largest absolute Gasteiger partial charge is 0.440 e. The molecule has 4 heterocycles. The van der Waals surface area contributed by atoms with Crippen LogP contribution in [0.1, 0.15) is 32.4 Å². The third-order valence-corrected chi connectivity index (χ3v) is 7.39. The minimum atomic E-state index is -2.96. The molecule has 3 fully saturated rings. The van der Waals surface area contributed by atoms with Gasteiger partial charge >= 0.3 is 6.61 Å². The Hall–Kier alpha value is -3.47. The Morgan fingerprint density at radius 1 is 1.33 bits per heavy atom. The zero-order valence-electron chi connectivity index (χ0n) is 21.8. The monoisotopic (exact) mass is 561 g/mol. The third-order valence-electron chi connectivity index (χ3n) is 6.97. The van der Waals surface area contributed by atoms with E-state index in [0.29, 0.717) is 43.5 Å². The molecule has 1 aliphatic carbocycles. The minimum Gasteiger partial charge on any atom is -0.440 e. The highest BCUT2D eigenvalue weighted by atomic mass is 35.5. The molecule has 0 unspecified atom stereocenters. The van der Waals surface area contributed by atoms with Gasteiger partial charge in [-0.3, -0.25) is 4.90 Å². The molecule has 2 aromatic rings. The van der Waals surface area contributed by atoms with Crippen LogP contribution in [-0.4, -0.2) is 87.0 Å². The number of alkyl halides is 2. The van der Waals surface area contributed by atoms with Crippen molar-refractivity contribution in [2.24, 2.45) is 0 Å². The normalized spacial score (nSPS) is 20.3. The van der Waals surface area contributed by atoms with E-state index < -0.39 is 6.61 Å². The maximum absolute atomic E-state index is 12.9. The van der Waals surface area contributed by atoms with Crippen LogP contribution in [0.2, 0.25) is 0 Å². The number of nitriles is 1. The summed E-state index contributed by atoms with van der Waals surface area (Å²) in [5, 5.41) is 20.4. The summed E-state index contributed by atoms with van der Waals surface area (Å²) in [7, 11) is 0. The van der Waals surface area contributed by atoms with E-state index in [1.165, 1.54) is 23.7 Å². The van der Waals surface area contributed by atoms with E-state index in [9.17, 15) is 14.0 Å². The lowest BCUT2D eigenvalue weighted by atomic mass is 9.97. The SMILES string of the molecule is C=C(Nc1nc(NC2CC2)c2ncc(C#N)n2n1)/C(Cl)=C(\C=C(/C)OC(F)F)N1CCN(C2(C)COC2)CC1. The summed E-state index contributed by atoms with van der Waals surface area (Å²) < 4.78 is 37.3. The van der Waals surface area contributed by atoms with Gasteiger partial charge in [-0.05, 0) is 26.7 Å². The third kappa shape index (κ3) is 5.93. The number of rotatable bonds is 10. The van der Waals surface area contributed by atoms with Crippen molar-refractivity contribution in [1.29, 1.82) is 5.26 Å². The summed E-state index contributed by atoms with van der Waals surface area (Å²) in [6, 6.07) is 2.35. The summed E-state index contributed by atoms with van der Waals surface area (Å²) in [6.07, 6.45) is 4.94. The molecule has 208 valence electrons. The van der Waals surface area contributed by atoms with Crippen LogP contribution in [0, 0.1) is 11.3 Å². The topological polar surface area (TPSA) is 116 Å². The van der Waals surface area contributed by atoms with Gasteiger partial charge in [-0.15, -0.1) is 5.10 Å². The molecule has 2 aliphatic heterocycles. The molecular weight excluding hydrogens is 532 g/mol. The Kier molecular flexibility index (Phi) is 7.61. The Morgan fingerprint density at radius 2 is 2.05 bits per heavy atom. The van der Waals surface area contributed by atoms with Crippen LogP contribution >= 0.6 is 11.6 Å². The summed E-state index contributed by atoms with van der Waals surface area (Å²) in [5.41, 5.74) is 1.42. The number of allylic oxidation sites excluding steroid dienone is 3. The van der Waals surface area contributed by atoms with Gasteiger partial charge in [-0.2, -0.15) is 23.5 Å². The zero-order chi connectivity index (χ0) is 27.7. The maximum atomic E-state index is 12.9. The standard InChI is InChI=1S/C25H30ClF2N9O2/c1-15(39-23(27)28)10-19(35-6-8-36(9-7-35)25(3)13-38-14-25)20(26)16(2)31-24-33-21(32-17-4-5-17)22-30-12-18(11-29)37(22)34-24/h10,12,17,23H,2,4-9,13-14H2,1,3H3,(H2,31,32,33,34)/b15-10+,20-19-. The van der Waals surface area contributed by atoms with Gasteiger partial charge in [-0.25, -0.2) is 4.98 Å². The smallest absolute Gasteiger partial charge is 0.387 e. The molecule has 0 amide bonds. The average Bonchev–Trinajstić information content (AvgIpc) is 3.61. The number of anilines is 2. The molecule has 0 spiro atoms. The molecule has 2 saturated heterocycles. The summed E-state index contributed by atoms with van der Waals surface area (Å²) >= 11 is 6.83. The van der Waals surface area contributed by atoms with Gasteiger partial charge in [0.1, 0.15) is 11.8 Å². The van der Waals surface area contributed by atoms with E-state index in [1.54, 1.807) is 0 Å². The first-order valence-corrected chi connectivity index (χ1v) is 13.0. The fraction of sp³-hybridized carbons (Fsp3) is 0.520.